The molecule has 0 saturated carbocycles. The van der Waals surface area contributed by atoms with Gasteiger partial charge in [0.15, 0.2) is 13.1 Å². The first-order valence-electron chi connectivity index (χ1n) is 9.21. The number of aromatic nitrogens is 1. The van der Waals surface area contributed by atoms with Crippen molar-refractivity contribution in [3.63, 3.8) is 0 Å². The molecule has 1 N–H and O–H groups in total. The summed E-state index contributed by atoms with van der Waals surface area (Å²) in [5, 5.41) is 9.85. The molecule has 3 rings (SSSR count). The van der Waals surface area contributed by atoms with Crippen LogP contribution in [-0.4, -0.2) is 53.2 Å². The molecule has 148 valence electrons. The van der Waals surface area contributed by atoms with Crippen molar-refractivity contribution in [1.29, 1.82) is 0 Å². The number of thioether (sulfide) groups is 1. The van der Waals surface area contributed by atoms with Gasteiger partial charge in [0.05, 0.1) is 23.9 Å². The Morgan fingerprint density at radius 3 is 2.67 bits per heavy atom. The Labute approximate surface area is 165 Å². The molecule has 2 fully saturated rings. The van der Waals surface area contributed by atoms with Crippen LogP contribution in [0.2, 0.25) is 18.1 Å². The zero-order valence-corrected chi connectivity index (χ0v) is 18.5. The second-order valence-corrected chi connectivity index (χ2v) is 15.1. The van der Waals surface area contributed by atoms with Crippen LogP contribution in [-0.2, 0) is 18.8 Å². The van der Waals surface area contributed by atoms with Crippen molar-refractivity contribution in [2.24, 2.45) is 5.92 Å². The Hall–Kier alpha value is -1.38. The summed E-state index contributed by atoms with van der Waals surface area (Å²) in [5.74, 6) is -1.24. The molecule has 0 spiro atoms. The summed E-state index contributed by atoms with van der Waals surface area (Å²) in [7, 11) is -2.01. The second kappa shape index (κ2) is 6.60. The molecule has 6 nitrogen and oxygen atoms in total. The largest absolute Gasteiger partial charge is 0.480 e. The molecule has 1 unspecified atom stereocenters. The maximum atomic E-state index is 12.8. The summed E-state index contributed by atoms with van der Waals surface area (Å²) in [6.45, 7) is 13.0. The highest BCUT2D eigenvalue weighted by atomic mass is 32.2. The Kier molecular flexibility index (Phi) is 4.97. The molecule has 27 heavy (non-hydrogen) atoms. The molecular formula is C19H28N2O4SSi. The van der Waals surface area contributed by atoms with E-state index in [-0.39, 0.29) is 34.9 Å². The normalized spacial score (nSPS) is 29.3. The molecular weight excluding hydrogens is 380 g/mol. The van der Waals surface area contributed by atoms with E-state index in [1.807, 2.05) is 6.92 Å². The van der Waals surface area contributed by atoms with E-state index in [1.165, 1.54) is 11.8 Å². The molecule has 0 bridgehead atoms. The number of carboxylic acid groups (broad SMARTS) is 1. The molecule has 4 atom stereocenters. The number of fused-ring (bicyclic) bond motifs is 1. The lowest BCUT2D eigenvalue weighted by Crippen LogP contribution is -2.62. The van der Waals surface area contributed by atoms with Crippen molar-refractivity contribution in [3.05, 3.63) is 30.1 Å². The summed E-state index contributed by atoms with van der Waals surface area (Å²) >= 11 is 1.34. The molecule has 1 amide bonds. The highest BCUT2D eigenvalue weighted by Gasteiger charge is 2.64. The summed E-state index contributed by atoms with van der Waals surface area (Å²) in [6, 6.07) is 3.51. The van der Waals surface area contributed by atoms with E-state index in [2.05, 4.69) is 38.8 Å². The fraction of sp³-hybridized carbons (Fsp3) is 0.632. The minimum Gasteiger partial charge on any atom is -0.480 e. The molecule has 0 aromatic carbocycles. The van der Waals surface area contributed by atoms with Gasteiger partial charge in [-0.2, -0.15) is 0 Å². The number of β-lactam (4-membered cyclic amide) rings is 1. The number of aliphatic carboxylic acids is 1. The van der Waals surface area contributed by atoms with Gasteiger partial charge in [-0.25, -0.2) is 0 Å². The van der Waals surface area contributed by atoms with Crippen LogP contribution < -0.4 is 0 Å². The van der Waals surface area contributed by atoms with Gasteiger partial charge in [0.25, 0.3) is 0 Å². The smallest absolute Gasteiger partial charge is 0.326 e. The molecule has 0 aliphatic carbocycles. The number of carbonyl (C=O) groups is 2. The maximum absolute atomic E-state index is 12.8. The number of hydrogen-bond acceptors (Lipinski definition) is 5. The quantitative estimate of drug-likeness (QED) is 0.595. The lowest BCUT2D eigenvalue weighted by Gasteiger charge is -2.47. The van der Waals surface area contributed by atoms with Crippen LogP contribution >= 0.6 is 11.8 Å². The summed E-state index contributed by atoms with van der Waals surface area (Å²) < 4.78 is 5.27. The third-order valence-electron chi connectivity index (χ3n) is 6.16. The fourth-order valence-corrected chi connectivity index (χ4v) is 6.69. The molecule has 2 aliphatic rings. The third-order valence-corrected chi connectivity index (χ3v) is 12.5. The van der Waals surface area contributed by atoms with Crippen LogP contribution in [0.4, 0.5) is 0 Å². The van der Waals surface area contributed by atoms with Crippen LogP contribution in [0.25, 0.3) is 0 Å². The average molecular weight is 409 g/mol. The van der Waals surface area contributed by atoms with Crippen molar-refractivity contribution in [3.8, 4) is 0 Å². The third kappa shape index (κ3) is 3.21. The standard InChI is InChI=1S/C19H28N2O4SSi/c1-12(25-27(5,6)18(2,3)4)14-15(22)21-11-19(17(23)24,26-16(14)21)13-8-7-9-20-10-13/h7-10,12,14,16H,11H2,1-6H3,(H,23,24)/t12-,14+,16-,19?/m1/s1. The van der Waals surface area contributed by atoms with Crippen LogP contribution in [0, 0.1) is 5.92 Å². The first-order chi connectivity index (χ1) is 12.4. The van der Waals surface area contributed by atoms with E-state index in [0.29, 0.717) is 5.56 Å². The zero-order valence-electron chi connectivity index (χ0n) is 16.7. The molecule has 3 heterocycles. The van der Waals surface area contributed by atoms with Crippen LogP contribution in [0.3, 0.4) is 0 Å². The summed E-state index contributed by atoms with van der Waals surface area (Å²) in [4.78, 5) is 30.7. The molecule has 1 aromatic rings. The summed E-state index contributed by atoms with van der Waals surface area (Å²) in [6.07, 6.45) is 2.98. The van der Waals surface area contributed by atoms with Crippen molar-refractivity contribution in [2.75, 3.05) is 6.54 Å². The highest BCUT2D eigenvalue weighted by molar-refractivity contribution is 8.02. The van der Waals surface area contributed by atoms with Gasteiger partial charge in [-0.15, -0.1) is 11.8 Å². The van der Waals surface area contributed by atoms with Gasteiger partial charge in [0.2, 0.25) is 5.91 Å². The van der Waals surface area contributed by atoms with E-state index in [9.17, 15) is 14.7 Å². The molecule has 8 heteroatoms. The minimum absolute atomic E-state index is 0.00859. The van der Waals surface area contributed by atoms with Gasteiger partial charge >= 0.3 is 5.97 Å². The monoisotopic (exact) mass is 408 g/mol. The number of amides is 1. The Bertz CT molecular complexity index is 752. The van der Waals surface area contributed by atoms with E-state index < -0.39 is 19.0 Å². The Morgan fingerprint density at radius 2 is 2.15 bits per heavy atom. The maximum Gasteiger partial charge on any atom is 0.326 e. The number of rotatable bonds is 5. The molecule has 2 aliphatic heterocycles. The van der Waals surface area contributed by atoms with Gasteiger partial charge in [-0.1, -0.05) is 26.8 Å². The zero-order chi connectivity index (χ0) is 20.2. The van der Waals surface area contributed by atoms with Gasteiger partial charge in [-0.3, -0.25) is 14.6 Å². The predicted molar refractivity (Wildman–Crippen MR) is 108 cm³/mol. The lowest BCUT2D eigenvalue weighted by atomic mass is 9.90. The minimum atomic E-state index is -2.01. The van der Waals surface area contributed by atoms with Crippen LogP contribution in [0.15, 0.2) is 24.5 Å². The van der Waals surface area contributed by atoms with E-state index in [0.717, 1.165) is 0 Å². The predicted octanol–water partition coefficient (Wildman–Crippen LogP) is 3.30. The Morgan fingerprint density at radius 1 is 1.48 bits per heavy atom. The number of carboxylic acids is 1. The van der Waals surface area contributed by atoms with E-state index in [4.69, 9.17) is 4.43 Å². The summed E-state index contributed by atoms with van der Waals surface area (Å²) in [5.41, 5.74) is 0.626. The number of nitrogens with zero attached hydrogens (tertiary/aromatic N) is 2. The van der Waals surface area contributed by atoms with Crippen LogP contribution in [0.1, 0.15) is 33.3 Å². The van der Waals surface area contributed by atoms with Crippen molar-refractivity contribution >= 4 is 32.0 Å². The van der Waals surface area contributed by atoms with Gasteiger partial charge in [-0.05, 0) is 36.7 Å². The van der Waals surface area contributed by atoms with Crippen molar-refractivity contribution in [1.82, 2.24) is 9.88 Å². The van der Waals surface area contributed by atoms with Gasteiger partial charge in [0.1, 0.15) is 0 Å². The first-order valence-corrected chi connectivity index (χ1v) is 13.0. The lowest BCUT2D eigenvalue weighted by molar-refractivity contribution is -0.155. The molecule has 2 saturated heterocycles. The first kappa shape index (κ1) is 20.4. The fourth-order valence-electron chi connectivity index (χ4n) is 3.49. The van der Waals surface area contributed by atoms with E-state index in [1.54, 1.807) is 29.4 Å². The van der Waals surface area contributed by atoms with Crippen molar-refractivity contribution in [2.45, 2.75) is 62.1 Å². The SMILES string of the molecule is C[C@@H](O[Si](C)(C)C(C)(C)C)[C@H]1C(=O)N2CC(C(=O)O)(c3cccnc3)S[C@H]12. The van der Waals surface area contributed by atoms with Crippen LogP contribution in [0.5, 0.6) is 0 Å². The molecule has 0 radical (unpaired) electrons. The Balaban J connectivity index is 1.83. The average Bonchev–Trinajstić information content (AvgIpc) is 2.91. The number of carbonyl (C=O) groups excluding carboxylic acids is 1. The second-order valence-electron chi connectivity index (χ2n) is 8.96. The topological polar surface area (TPSA) is 79.7 Å². The number of hydrogen-bond donors (Lipinski definition) is 1. The highest BCUT2D eigenvalue weighted by Crippen LogP contribution is 2.55. The van der Waals surface area contributed by atoms with Crippen molar-refractivity contribution < 1.29 is 19.1 Å². The van der Waals surface area contributed by atoms with E-state index >= 15 is 0 Å². The molecule has 1 aromatic heterocycles. The van der Waals surface area contributed by atoms with Gasteiger partial charge in [0, 0.05) is 12.4 Å². The van der Waals surface area contributed by atoms with Gasteiger partial charge < -0.3 is 14.4 Å². The number of pyridine rings is 1.